The molecule has 0 saturated carbocycles. The molecule has 1 aromatic heterocycles. The van der Waals surface area contributed by atoms with E-state index < -0.39 is 18.6 Å². The summed E-state index contributed by atoms with van der Waals surface area (Å²) in [6.07, 6.45) is 8.14. The zero-order valence-electron chi connectivity index (χ0n) is 19.5. The van der Waals surface area contributed by atoms with E-state index in [0.717, 1.165) is 31.4 Å². The van der Waals surface area contributed by atoms with Gasteiger partial charge >= 0.3 is 12.1 Å². The average Bonchev–Trinajstić information content (AvgIpc) is 2.85. The number of hydrogen-bond donors (Lipinski definition) is 4. The Kier molecular flexibility index (Phi) is 14.8. The number of rotatable bonds is 13. The van der Waals surface area contributed by atoms with Gasteiger partial charge in [0.25, 0.3) is 6.73 Å². The van der Waals surface area contributed by atoms with Crippen molar-refractivity contribution < 1.29 is 41.1 Å². The number of aromatic nitrogens is 1. The molecule has 13 heteroatoms. The number of carboxylic acid groups (broad SMARTS) is 1. The molecule has 1 heterocycles. The van der Waals surface area contributed by atoms with Crippen molar-refractivity contribution in [3.05, 3.63) is 53.8 Å². The molecule has 11 nitrogen and oxygen atoms in total. The van der Waals surface area contributed by atoms with Crippen LogP contribution in [0.25, 0.3) is 0 Å². The lowest BCUT2D eigenvalue weighted by Gasteiger charge is -2.08. The lowest BCUT2D eigenvalue weighted by Crippen LogP contribution is -3.00. The van der Waals surface area contributed by atoms with Crippen LogP contribution >= 0.6 is 11.6 Å². The number of pyridine rings is 1. The molecular formula is C23H28Cl2N6O5. The van der Waals surface area contributed by atoms with Crippen LogP contribution in [-0.2, 0) is 16.3 Å². The third-order valence-corrected chi connectivity index (χ3v) is 4.71. The number of alkyl carbamates (subject to hydrolysis) is 1. The quantitative estimate of drug-likeness (QED) is 0.0688. The van der Waals surface area contributed by atoms with Gasteiger partial charge < -0.3 is 37.6 Å². The van der Waals surface area contributed by atoms with E-state index in [1.807, 2.05) is 18.3 Å². The molecule has 2 aromatic rings. The van der Waals surface area contributed by atoms with Gasteiger partial charge in [0.05, 0.1) is 12.3 Å². The van der Waals surface area contributed by atoms with Crippen molar-refractivity contribution in [2.24, 2.45) is 4.99 Å². The highest BCUT2D eigenvalue weighted by Crippen LogP contribution is 2.16. The molecule has 0 radical (unpaired) electrons. The van der Waals surface area contributed by atoms with Gasteiger partial charge in [-0.25, -0.2) is 4.79 Å². The number of nitriles is 1. The zero-order chi connectivity index (χ0) is 25.3. The first kappa shape index (κ1) is 30.3. The van der Waals surface area contributed by atoms with Crippen LogP contribution in [0.3, 0.4) is 0 Å². The maximum atomic E-state index is 11.4. The van der Waals surface area contributed by atoms with E-state index in [1.165, 1.54) is 0 Å². The number of nitrogens with zero attached hydrogens (tertiary/aromatic N) is 3. The number of guanidine groups is 1. The molecule has 2 rings (SSSR count). The van der Waals surface area contributed by atoms with Crippen molar-refractivity contribution in [1.29, 1.82) is 5.26 Å². The van der Waals surface area contributed by atoms with Crippen molar-refractivity contribution in [2.75, 3.05) is 25.0 Å². The molecule has 0 saturated heterocycles. The number of unbranched alkanes of at least 4 members (excludes halogenated alkanes) is 3. The maximum absolute atomic E-state index is 11.4. The molecule has 0 aliphatic heterocycles. The van der Waals surface area contributed by atoms with Gasteiger partial charge in [-0.1, -0.05) is 18.0 Å². The van der Waals surface area contributed by atoms with Gasteiger partial charge in [0.1, 0.15) is 12.3 Å². The summed E-state index contributed by atoms with van der Waals surface area (Å²) >= 11 is 5.85. The summed E-state index contributed by atoms with van der Waals surface area (Å²) < 4.78 is 12.1. The number of carbonyl (C=O) groups excluding carboxylic acids is 1. The summed E-state index contributed by atoms with van der Waals surface area (Å²) in [6.45, 7) is 0.591. The molecule has 0 spiro atoms. The molecular weight excluding hydrogens is 511 g/mol. The fourth-order valence-corrected chi connectivity index (χ4v) is 2.86. The molecule has 0 aliphatic carbocycles. The molecule has 4 N–H and O–H groups in total. The van der Waals surface area contributed by atoms with E-state index in [9.17, 15) is 9.59 Å². The topological polar surface area (TPSA) is 149 Å². The number of ether oxygens (including phenoxy) is 2. The Labute approximate surface area is 220 Å². The van der Waals surface area contributed by atoms with Crippen LogP contribution in [0.1, 0.15) is 25.7 Å². The second kappa shape index (κ2) is 17.7. The summed E-state index contributed by atoms with van der Waals surface area (Å²) in [6, 6.07) is 10.7. The molecule has 194 valence electrons. The number of aliphatic imine (C=N–C) groups is 1. The highest BCUT2D eigenvalue weighted by Gasteiger charge is 2.08. The molecule has 36 heavy (non-hydrogen) atoms. The number of hydrogen-bond acceptors (Lipinski definition) is 6. The average molecular weight is 539 g/mol. The smallest absolute Gasteiger partial charge is 0.412 e. The van der Waals surface area contributed by atoms with Crippen LogP contribution in [0.15, 0.2) is 53.8 Å². The summed E-state index contributed by atoms with van der Waals surface area (Å²) in [4.78, 5) is 26.2. The standard InChI is InChI=1S/C23H27ClN6O5.ClH/c24-18-5-7-20(8-6-18)34-14-4-2-1-3-11-26-22(28-16-25)29-19-9-12-30(13-10-19)17-35-23(33)27-15-21(31)32;/h5-10,12-13H,1-4,11,14-15,17H2,(H3,26,27,28,31,32,33);1H. The van der Waals surface area contributed by atoms with Crippen LogP contribution in [0, 0.1) is 11.5 Å². The first-order valence-corrected chi connectivity index (χ1v) is 11.3. The SMILES string of the molecule is N#CNC(=NCCCCCCOc1ccc(Cl)cc1)Nc1cc[n+](COC(=O)NCC(=O)O)cc1.[Cl-]. The van der Waals surface area contributed by atoms with Crippen LogP contribution in [0.2, 0.25) is 5.02 Å². The third kappa shape index (κ3) is 13.2. The fraction of sp³-hybridized carbons (Fsp3) is 0.348. The normalized spacial score (nSPS) is 10.4. The van der Waals surface area contributed by atoms with E-state index >= 15 is 0 Å². The number of amides is 1. The Hall–Kier alpha value is -3.75. The van der Waals surface area contributed by atoms with Crippen molar-refractivity contribution in [3.63, 3.8) is 0 Å². The number of anilines is 1. The number of nitrogens with one attached hydrogen (secondary N) is 3. The van der Waals surface area contributed by atoms with E-state index in [4.69, 9.17) is 31.4 Å². The third-order valence-electron chi connectivity index (χ3n) is 4.46. The minimum atomic E-state index is -1.16. The minimum absolute atomic E-state index is 0. The zero-order valence-corrected chi connectivity index (χ0v) is 21.0. The van der Waals surface area contributed by atoms with Gasteiger partial charge in [-0.3, -0.25) is 15.1 Å². The fourth-order valence-electron chi connectivity index (χ4n) is 2.74. The number of carboxylic acids is 1. The van der Waals surface area contributed by atoms with Crippen LogP contribution < -0.4 is 37.7 Å². The predicted octanol–water partition coefficient (Wildman–Crippen LogP) is -0.122. The second-order valence-corrected chi connectivity index (χ2v) is 7.65. The number of halogens is 2. The lowest BCUT2D eigenvalue weighted by molar-refractivity contribution is -0.727. The molecule has 1 amide bonds. The highest BCUT2D eigenvalue weighted by molar-refractivity contribution is 6.30. The minimum Gasteiger partial charge on any atom is -1.00 e. The largest absolute Gasteiger partial charge is 1.00 e. The van der Waals surface area contributed by atoms with Crippen molar-refractivity contribution in [3.8, 4) is 11.9 Å². The van der Waals surface area contributed by atoms with Gasteiger partial charge in [-0.2, -0.15) is 9.83 Å². The number of aliphatic carboxylic acids is 1. The molecule has 0 fully saturated rings. The van der Waals surface area contributed by atoms with E-state index in [-0.39, 0.29) is 19.1 Å². The van der Waals surface area contributed by atoms with Gasteiger partial charge in [0.2, 0.25) is 5.96 Å². The second-order valence-electron chi connectivity index (χ2n) is 7.22. The van der Waals surface area contributed by atoms with Gasteiger partial charge in [0, 0.05) is 23.7 Å². The lowest BCUT2D eigenvalue weighted by atomic mass is 10.2. The molecule has 1 aromatic carbocycles. The Balaban J connectivity index is 0.00000648. The van der Waals surface area contributed by atoms with Gasteiger partial charge in [0.15, 0.2) is 18.6 Å². The summed E-state index contributed by atoms with van der Waals surface area (Å²) in [7, 11) is 0. The van der Waals surface area contributed by atoms with Crippen molar-refractivity contribution in [2.45, 2.75) is 32.4 Å². The van der Waals surface area contributed by atoms with Crippen LogP contribution in [0.4, 0.5) is 10.5 Å². The number of carbonyl (C=O) groups is 2. The first-order chi connectivity index (χ1) is 17.0. The first-order valence-electron chi connectivity index (χ1n) is 10.9. The summed E-state index contributed by atoms with van der Waals surface area (Å²) in [5, 5.41) is 25.8. The van der Waals surface area contributed by atoms with Crippen molar-refractivity contribution >= 4 is 35.3 Å². The highest BCUT2D eigenvalue weighted by atomic mass is 35.5. The Morgan fingerprint density at radius 3 is 2.44 bits per heavy atom. The van der Waals surface area contributed by atoms with Crippen LogP contribution in [-0.4, -0.2) is 42.8 Å². The van der Waals surface area contributed by atoms with Crippen LogP contribution in [0.5, 0.6) is 5.75 Å². The van der Waals surface area contributed by atoms with E-state index in [0.29, 0.717) is 29.8 Å². The predicted molar refractivity (Wildman–Crippen MR) is 129 cm³/mol. The molecule has 0 bridgehead atoms. The molecule has 0 atom stereocenters. The van der Waals surface area contributed by atoms with E-state index in [1.54, 1.807) is 41.2 Å². The molecule has 0 aliphatic rings. The molecule has 0 unspecified atom stereocenters. The van der Waals surface area contributed by atoms with Gasteiger partial charge in [-0.15, -0.1) is 0 Å². The Bertz CT molecular complexity index is 1010. The maximum Gasteiger partial charge on any atom is 0.412 e. The van der Waals surface area contributed by atoms with Gasteiger partial charge in [-0.05, 0) is 43.5 Å². The van der Waals surface area contributed by atoms with E-state index in [2.05, 4.69) is 20.9 Å². The van der Waals surface area contributed by atoms with Crippen molar-refractivity contribution in [1.82, 2.24) is 10.6 Å². The Morgan fingerprint density at radius 2 is 1.78 bits per heavy atom. The Morgan fingerprint density at radius 1 is 1.08 bits per heavy atom. The summed E-state index contributed by atoms with van der Waals surface area (Å²) in [5.74, 6) is -0.0218. The summed E-state index contributed by atoms with van der Waals surface area (Å²) in [5.41, 5.74) is 0.678. The monoisotopic (exact) mass is 538 g/mol. The number of benzene rings is 1.